The first-order valence-electron chi connectivity index (χ1n) is 15.7. The van der Waals surface area contributed by atoms with E-state index in [1.165, 1.54) is 4.90 Å². The number of pyridine rings is 1. The highest BCUT2D eigenvalue weighted by atomic mass is 16.5. The van der Waals surface area contributed by atoms with Gasteiger partial charge in [0.05, 0.1) is 13.7 Å². The molecule has 0 radical (unpaired) electrons. The Bertz CT molecular complexity index is 1390. The number of benzene rings is 1. The summed E-state index contributed by atoms with van der Waals surface area (Å²) in [5.41, 5.74) is 2.43. The van der Waals surface area contributed by atoms with Crippen molar-refractivity contribution in [2.45, 2.75) is 85.5 Å². The van der Waals surface area contributed by atoms with Gasteiger partial charge in [0.15, 0.2) is 0 Å². The van der Waals surface area contributed by atoms with Crippen LogP contribution in [0.5, 0.6) is 5.75 Å². The second kappa shape index (κ2) is 16.2. The molecule has 12 heteroatoms. The van der Waals surface area contributed by atoms with Crippen molar-refractivity contribution < 1.29 is 28.7 Å². The fourth-order valence-corrected chi connectivity index (χ4v) is 5.30. The first-order chi connectivity index (χ1) is 21.7. The molecule has 4 atom stereocenters. The van der Waals surface area contributed by atoms with Gasteiger partial charge in [-0.15, -0.1) is 0 Å². The molecule has 1 fully saturated rings. The standard InChI is InChI=1S/C34H48N6O6/c1-19(2)13-27-33(44)38-28(16-24-9-11-26(46-8)12-10-24)32(43)36-23(7)31(42)39-29(20(3)4)17-40(18-30(41)37-27)34(45)25-14-21(5)35-22(6)15-25/h9-12,14-15,19-20,23,27-29H,13,16-18H2,1-8H3,(H,36,43)(H,37,41)(H,38,44)(H,39,42)/t23-,27+,28+,29-/m1/s1. The van der Waals surface area contributed by atoms with E-state index in [1.54, 1.807) is 64.3 Å². The van der Waals surface area contributed by atoms with Crippen molar-refractivity contribution in [1.29, 1.82) is 0 Å². The van der Waals surface area contributed by atoms with Crippen LogP contribution in [0.25, 0.3) is 0 Å². The Labute approximate surface area is 271 Å². The van der Waals surface area contributed by atoms with Crippen molar-refractivity contribution >= 4 is 29.5 Å². The molecule has 2 heterocycles. The number of carbonyl (C=O) groups excluding carboxylic acids is 5. The lowest BCUT2D eigenvalue weighted by Gasteiger charge is -2.31. The normalized spacial score (nSPS) is 21.9. The highest BCUT2D eigenvalue weighted by molar-refractivity contribution is 5.98. The third-order valence-corrected chi connectivity index (χ3v) is 7.84. The minimum atomic E-state index is -1.04. The molecule has 0 aliphatic carbocycles. The zero-order valence-corrected chi connectivity index (χ0v) is 28.1. The van der Waals surface area contributed by atoms with E-state index in [-0.39, 0.29) is 31.3 Å². The summed E-state index contributed by atoms with van der Waals surface area (Å²) in [5.74, 6) is -1.93. The minimum absolute atomic E-state index is 0.0257. The Morgan fingerprint density at radius 2 is 1.50 bits per heavy atom. The van der Waals surface area contributed by atoms with Gasteiger partial charge in [0.25, 0.3) is 5.91 Å². The molecular weight excluding hydrogens is 588 g/mol. The maximum Gasteiger partial charge on any atom is 0.254 e. The van der Waals surface area contributed by atoms with Gasteiger partial charge < -0.3 is 30.9 Å². The van der Waals surface area contributed by atoms with Crippen LogP contribution in [0.15, 0.2) is 36.4 Å². The van der Waals surface area contributed by atoms with Gasteiger partial charge in [0.2, 0.25) is 23.6 Å². The van der Waals surface area contributed by atoms with Gasteiger partial charge in [0.1, 0.15) is 23.9 Å². The highest BCUT2D eigenvalue weighted by Gasteiger charge is 2.33. The van der Waals surface area contributed by atoms with E-state index in [4.69, 9.17) is 4.74 Å². The minimum Gasteiger partial charge on any atom is -0.497 e. The molecule has 250 valence electrons. The second-order valence-corrected chi connectivity index (χ2v) is 12.8. The van der Waals surface area contributed by atoms with Crippen LogP contribution in [-0.4, -0.2) is 83.8 Å². The van der Waals surface area contributed by atoms with E-state index in [1.807, 2.05) is 27.7 Å². The van der Waals surface area contributed by atoms with Gasteiger partial charge in [-0.2, -0.15) is 0 Å². The summed E-state index contributed by atoms with van der Waals surface area (Å²) >= 11 is 0. The molecule has 1 aliphatic heterocycles. The van der Waals surface area contributed by atoms with Crippen LogP contribution in [-0.2, 0) is 25.6 Å². The molecule has 46 heavy (non-hydrogen) atoms. The van der Waals surface area contributed by atoms with Crippen LogP contribution < -0.4 is 26.0 Å². The SMILES string of the molecule is COc1ccc(C[C@@H]2NC(=O)[C@H](CC(C)C)NC(=O)CN(C(=O)c3cc(C)nc(C)c3)C[C@H](C(C)C)NC(=O)[C@@H](C)NC2=O)cc1. The molecular formula is C34H48N6O6. The predicted molar refractivity (Wildman–Crippen MR) is 174 cm³/mol. The average molecular weight is 637 g/mol. The van der Waals surface area contributed by atoms with E-state index >= 15 is 0 Å². The Hall–Kier alpha value is -4.48. The Kier molecular flexibility index (Phi) is 12.7. The molecule has 0 saturated carbocycles. The molecule has 1 saturated heterocycles. The van der Waals surface area contributed by atoms with Gasteiger partial charge in [-0.1, -0.05) is 39.8 Å². The number of amides is 5. The quantitative estimate of drug-likeness (QED) is 0.362. The van der Waals surface area contributed by atoms with E-state index < -0.39 is 53.7 Å². The number of nitrogens with one attached hydrogen (secondary N) is 4. The number of aromatic nitrogens is 1. The second-order valence-electron chi connectivity index (χ2n) is 12.8. The lowest BCUT2D eigenvalue weighted by molar-refractivity contribution is -0.133. The van der Waals surface area contributed by atoms with E-state index in [0.717, 1.165) is 5.56 Å². The molecule has 0 spiro atoms. The first kappa shape index (κ1) is 36.0. The molecule has 1 aromatic carbocycles. The molecule has 0 bridgehead atoms. The summed E-state index contributed by atoms with van der Waals surface area (Å²) in [7, 11) is 1.55. The third kappa shape index (κ3) is 10.3. The summed E-state index contributed by atoms with van der Waals surface area (Å²) in [6, 6.07) is 6.91. The van der Waals surface area contributed by atoms with Crippen LogP contribution in [0.1, 0.15) is 68.3 Å². The molecule has 4 N–H and O–H groups in total. The Balaban J connectivity index is 2.01. The Morgan fingerprint density at radius 3 is 2.07 bits per heavy atom. The van der Waals surface area contributed by atoms with Crippen LogP contribution in [0.3, 0.4) is 0 Å². The number of methoxy groups -OCH3 is 1. The van der Waals surface area contributed by atoms with Gasteiger partial charge in [-0.3, -0.25) is 29.0 Å². The largest absolute Gasteiger partial charge is 0.497 e. The van der Waals surface area contributed by atoms with Gasteiger partial charge in [-0.05, 0) is 68.9 Å². The lowest BCUT2D eigenvalue weighted by atomic mass is 10.0. The van der Waals surface area contributed by atoms with Crippen LogP contribution in [0.4, 0.5) is 0 Å². The number of rotatable bonds is 7. The van der Waals surface area contributed by atoms with Crippen LogP contribution in [0, 0.1) is 25.7 Å². The molecule has 0 unspecified atom stereocenters. The number of aryl methyl sites for hydroxylation is 2. The number of nitrogens with zero attached hydrogens (tertiary/aromatic N) is 2. The zero-order chi connectivity index (χ0) is 34.1. The van der Waals surface area contributed by atoms with E-state index in [2.05, 4.69) is 26.3 Å². The van der Waals surface area contributed by atoms with Crippen molar-refractivity contribution in [3.05, 3.63) is 58.9 Å². The predicted octanol–water partition coefficient (Wildman–Crippen LogP) is 2.07. The summed E-state index contributed by atoms with van der Waals surface area (Å²) in [6.45, 7) is 12.5. The molecule has 2 aromatic rings. The number of hydrogen-bond acceptors (Lipinski definition) is 7. The summed E-state index contributed by atoms with van der Waals surface area (Å²) < 4.78 is 5.23. The highest BCUT2D eigenvalue weighted by Crippen LogP contribution is 2.15. The van der Waals surface area contributed by atoms with Crippen molar-refractivity contribution in [2.75, 3.05) is 20.2 Å². The zero-order valence-electron chi connectivity index (χ0n) is 28.1. The van der Waals surface area contributed by atoms with E-state index in [0.29, 0.717) is 29.1 Å². The summed E-state index contributed by atoms with van der Waals surface area (Å²) in [5, 5.41) is 11.3. The fourth-order valence-electron chi connectivity index (χ4n) is 5.30. The maximum absolute atomic E-state index is 13.8. The van der Waals surface area contributed by atoms with Crippen LogP contribution >= 0.6 is 0 Å². The summed E-state index contributed by atoms with van der Waals surface area (Å²) in [6.07, 6.45) is 0.441. The topological polar surface area (TPSA) is 159 Å². The molecule has 12 nitrogen and oxygen atoms in total. The summed E-state index contributed by atoms with van der Waals surface area (Å²) in [4.78, 5) is 73.8. The first-order valence-corrected chi connectivity index (χ1v) is 15.7. The van der Waals surface area contributed by atoms with Crippen molar-refractivity contribution in [1.82, 2.24) is 31.2 Å². The number of ether oxygens (including phenoxy) is 1. The monoisotopic (exact) mass is 636 g/mol. The smallest absolute Gasteiger partial charge is 0.254 e. The van der Waals surface area contributed by atoms with Gasteiger partial charge in [-0.25, -0.2) is 0 Å². The average Bonchev–Trinajstić information content (AvgIpc) is 2.98. The molecule has 1 aliphatic rings. The number of carbonyl (C=O) groups is 5. The van der Waals surface area contributed by atoms with Crippen molar-refractivity contribution in [3.8, 4) is 5.75 Å². The third-order valence-electron chi connectivity index (χ3n) is 7.84. The van der Waals surface area contributed by atoms with Crippen molar-refractivity contribution in [2.24, 2.45) is 11.8 Å². The van der Waals surface area contributed by atoms with Gasteiger partial charge in [0, 0.05) is 36.0 Å². The van der Waals surface area contributed by atoms with Crippen molar-refractivity contribution in [3.63, 3.8) is 0 Å². The molecule has 3 rings (SSSR count). The van der Waals surface area contributed by atoms with E-state index in [9.17, 15) is 24.0 Å². The van der Waals surface area contributed by atoms with Crippen LogP contribution in [0.2, 0.25) is 0 Å². The molecule has 1 aromatic heterocycles. The maximum atomic E-state index is 13.8. The number of hydrogen-bond donors (Lipinski definition) is 4. The molecule has 5 amide bonds. The fraction of sp³-hybridized carbons (Fsp3) is 0.529. The van der Waals surface area contributed by atoms with Gasteiger partial charge >= 0.3 is 0 Å². The Morgan fingerprint density at radius 1 is 0.891 bits per heavy atom. The lowest BCUT2D eigenvalue weighted by Crippen LogP contribution is -2.57.